The third kappa shape index (κ3) is 6.93. The van der Waals surface area contributed by atoms with Crippen molar-refractivity contribution in [1.29, 1.82) is 5.26 Å². The van der Waals surface area contributed by atoms with Crippen LogP contribution in [0.25, 0.3) is 6.08 Å². The number of methoxy groups -OCH3 is 1. The molecular weight excluding hydrogens is 328 g/mol. The van der Waals surface area contributed by atoms with Gasteiger partial charge in [-0.3, -0.25) is 4.79 Å². The van der Waals surface area contributed by atoms with E-state index in [0.717, 1.165) is 0 Å². The van der Waals surface area contributed by atoms with E-state index < -0.39 is 18.5 Å². The average Bonchev–Trinajstić information content (AvgIpc) is 2.59. The molecule has 0 atom stereocenters. The van der Waals surface area contributed by atoms with Gasteiger partial charge in [-0.2, -0.15) is 5.26 Å². The summed E-state index contributed by atoms with van der Waals surface area (Å²) in [7, 11) is 1.51. The van der Waals surface area contributed by atoms with E-state index in [1.54, 1.807) is 19.1 Å². The monoisotopic (exact) mass is 348 g/mol. The Hall–Kier alpha value is -3.05. The Kier molecular flexibility index (Phi) is 8.54. The smallest absolute Gasteiger partial charge is 0.341 e. The van der Waals surface area contributed by atoms with Gasteiger partial charge in [0.2, 0.25) is 0 Å². The summed E-state index contributed by atoms with van der Waals surface area (Å²) in [6.07, 6.45) is 1.41. The zero-order valence-electron chi connectivity index (χ0n) is 14.1. The van der Waals surface area contributed by atoms with Gasteiger partial charge < -0.3 is 24.6 Å². The number of rotatable bonds is 10. The quantitative estimate of drug-likeness (QED) is 0.371. The lowest BCUT2D eigenvalue weighted by Crippen LogP contribution is -2.27. The van der Waals surface area contributed by atoms with Crippen LogP contribution in [0, 0.1) is 11.3 Å². The van der Waals surface area contributed by atoms with Gasteiger partial charge in [-0.1, -0.05) is 6.07 Å². The van der Waals surface area contributed by atoms with E-state index in [2.05, 4.69) is 5.32 Å². The Labute approximate surface area is 145 Å². The van der Waals surface area contributed by atoms with Crippen LogP contribution in [0.4, 0.5) is 0 Å². The van der Waals surface area contributed by atoms with Crippen molar-refractivity contribution in [2.75, 3.05) is 33.5 Å². The van der Waals surface area contributed by atoms with E-state index in [-0.39, 0.29) is 11.3 Å². The van der Waals surface area contributed by atoms with Crippen molar-refractivity contribution < 1.29 is 28.9 Å². The second-order valence-electron chi connectivity index (χ2n) is 4.74. The zero-order chi connectivity index (χ0) is 18.7. The van der Waals surface area contributed by atoms with E-state index in [1.165, 1.54) is 19.3 Å². The second-order valence-corrected chi connectivity index (χ2v) is 4.74. The number of aliphatic carboxylic acids is 1. The molecule has 1 rings (SSSR count). The van der Waals surface area contributed by atoms with Gasteiger partial charge >= 0.3 is 5.97 Å². The third-order valence-electron chi connectivity index (χ3n) is 2.89. The number of ether oxygens (including phenoxy) is 3. The van der Waals surface area contributed by atoms with Gasteiger partial charge in [-0.05, 0) is 30.7 Å². The number of carbonyl (C=O) groups is 2. The molecule has 0 heterocycles. The molecule has 2 N–H and O–H groups in total. The van der Waals surface area contributed by atoms with Gasteiger partial charge in [0.1, 0.15) is 11.6 Å². The molecule has 0 spiro atoms. The van der Waals surface area contributed by atoms with Crippen LogP contribution in [-0.2, 0) is 14.3 Å². The summed E-state index contributed by atoms with van der Waals surface area (Å²) >= 11 is 0. The van der Waals surface area contributed by atoms with E-state index in [4.69, 9.17) is 24.6 Å². The fourth-order valence-electron chi connectivity index (χ4n) is 1.82. The average molecular weight is 348 g/mol. The Morgan fingerprint density at radius 3 is 2.68 bits per heavy atom. The van der Waals surface area contributed by atoms with E-state index in [9.17, 15) is 9.59 Å². The SMILES string of the molecule is CCOc1cc(/C=C(\C#N)C(=O)NCCOC)ccc1OCC(=O)O. The Bertz CT molecular complexity index is 678. The summed E-state index contributed by atoms with van der Waals surface area (Å²) in [6.45, 7) is 2.25. The molecule has 0 saturated heterocycles. The van der Waals surface area contributed by atoms with E-state index >= 15 is 0 Å². The predicted octanol–water partition coefficient (Wildman–Crippen LogP) is 1.22. The molecule has 1 amide bonds. The van der Waals surface area contributed by atoms with Crippen LogP contribution in [0.1, 0.15) is 12.5 Å². The molecule has 1 aromatic carbocycles. The topological polar surface area (TPSA) is 118 Å². The van der Waals surface area contributed by atoms with Crippen LogP contribution in [0.15, 0.2) is 23.8 Å². The lowest BCUT2D eigenvalue weighted by atomic mass is 10.1. The fourth-order valence-corrected chi connectivity index (χ4v) is 1.82. The largest absolute Gasteiger partial charge is 0.490 e. The Morgan fingerprint density at radius 2 is 2.08 bits per heavy atom. The molecule has 0 aliphatic heterocycles. The van der Waals surface area contributed by atoms with Crippen LogP contribution < -0.4 is 14.8 Å². The highest BCUT2D eigenvalue weighted by Gasteiger charge is 2.11. The molecule has 0 saturated carbocycles. The molecule has 0 aromatic heterocycles. The number of carbonyl (C=O) groups excluding carboxylic acids is 1. The minimum Gasteiger partial charge on any atom is -0.490 e. The Morgan fingerprint density at radius 1 is 1.32 bits per heavy atom. The van der Waals surface area contributed by atoms with Crippen LogP contribution in [0.2, 0.25) is 0 Å². The number of hydrogen-bond donors (Lipinski definition) is 2. The standard InChI is InChI=1S/C17H20N2O6/c1-3-24-15-9-12(4-5-14(15)25-11-16(20)21)8-13(10-18)17(22)19-6-7-23-2/h4-5,8-9H,3,6-7,11H2,1-2H3,(H,19,22)(H,20,21)/b13-8+. The molecule has 8 heteroatoms. The van der Waals surface area contributed by atoms with Crippen LogP contribution >= 0.6 is 0 Å². The maximum absolute atomic E-state index is 11.9. The minimum atomic E-state index is -1.11. The first-order valence-electron chi connectivity index (χ1n) is 7.52. The van der Waals surface area contributed by atoms with Crippen molar-refractivity contribution >= 4 is 18.0 Å². The molecule has 25 heavy (non-hydrogen) atoms. The number of nitrogens with zero attached hydrogens (tertiary/aromatic N) is 1. The summed E-state index contributed by atoms with van der Waals surface area (Å²) in [4.78, 5) is 22.5. The van der Waals surface area contributed by atoms with Gasteiger partial charge in [0.05, 0.1) is 13.2 Å². The number of carboxylic acids is 1. The molecular formula is C17H20N2O6. The number of benzene rings is 1. The molecule has 8 nitrogen and oxygen atoms in total. The fraction of sp³-hybridized carbons (Fsp3) is 0.353. The van der Waals surface area contributed by atoms with Gasteiger partial charge in [0.15, 0.2) is 18.1 Å². The van der Waals surface area contributed by atoms with E-state index in [1.807, 2.05) is 6.07 Å². The van der Waals surface area contributed by atoms with Crippen molar-refractivity contribution in [3.8, 4) is 17.6 Å². The lowest BCUT2D eigenvalue weighted by molar-refractivity contribution is -0.139. The summed E-state index contributed by atoms with van der Waals surface area (Å²) in [5.74, 6) is -1.02. The summed E-state index contributed by atoms with van der Waals surface area (Å²) in [5.41, 5.74) is 0.474. The van der Waals surface area contributed by atoms with Crippen molar-refractivity contribution in [1.82, 2.24) is 5.32 Å². The molecule has 0 bridgehead atoms. The van der Waals surface area contributed by atoms with Crippen molar-refractivity contribution in [3.05, 3.63) is 29.3 Å². The molecule has 0 radical (unpaired) electrons. The molecule has 1 aromatic rings. The van der Waals surface area contributed by atoms with Crippen molar-refractivity contribution in [2.45, 2.75) is 6.92 Å². The normalized spacial score (nSPS) is 10.7. The molecule has 0 fully saturated rings. The van der Waals surface area contributed by atoms with Gasteiger partial charge in [0.25, 0.3) is 5.91 Å². The number of nitrogens with one attached hydrogen (secondary N) is 1. The van der Waals surface area contributed by atoms with Crippen LogP contribution in [0.5, 0.6) is 11.5 Å². The number of amides is 1. The van der Waals surface area contributed by atoms with Crippen molar-refractivity contribution in [2.24, 2.45) is 0 Å². The molecule has 134 valence electrons. The first-order chi connectivity index (χ1) is 12.0. The van der Waals surface area contributed by atoms with Gasteiger partial charge in [0, 0.05) is 13.7 Å². The maximum Gasteiger partial charge on any atom is 0.341 e. The highest BCUT2D eigenvalue weighted by molar-refractivity contribution is 6.01. The lowest BCUT2D eigenvalue weighted by Gasteiger charge is -2.11. The summed E-state index contributed by atoms with van der Waals surface area (Å²) < 4.78 is 15.4. The first kappa shape index (κ1) is 20.0. The van der Waals surface area contributed by atoms with Gasteiger partial charge in [-0.15, -0.1) is 0 Å². The Balaban J connectivity index is 2.98. The summed E-state index contributed by atoms with van der Waals surface area (Å²) in [6, 6.07) is 6.53. The number of carboxylic acid groups (broad SMARTS) is 1. The number of nitriles is 1. The molecule has 0 aliphatic carbocycles. The van der Waals surface area contributed by atoms with Gasteiger partial charge in [-0.25, -0.2) is 4.79 Å². The predicted molar refractivity (Wildman–Crippen MR) is 89.2 cm³/mol. The highest BCUT2D eigenvalue weighted by atomic mass is 16.5. The minimum absolute atomic E-state index is 0.0715. The highest BCUT2D eigenvalue weighted by Crippen LogP contribution is 2.29. The van der Waals surface area contributed by atoms with E-state index in [0.29, 0.717) is 31.1 Å². The zero-order valence-corrected chi connectivity index (χ0v) is 14.1. The number of hydrogen-bond acceptors (Lipinski definition) is 6. The van der Waals surface area contributed by atoms with Crippen LogP contribution in [-0.4, -0.2) is 50.5 Å². The first-order valence-corrected chi connectivity index (χ1v) is 7.52. The maximum atomic E-state index is 11.9. The molecule has 0 unspecified atom stereocenters. The summed E-state index contributed by atoms with van der Waals surface area (Å²) in [5, 5.41) is 20.4. The van der Waals surface area contributed by atoms with Crippen LogP contribution in [0.3, 0.4) is 0 Å². The van der Waals surface area contributed by atoms with Crippen molar-refractivity contribution in [3.63, 3.8) is 0 Å². The second kappa shape index (κ2) is 10.7. The third-order valence-corrected chi connectivity index (χ3v) is 2.89. The molecule has 0 aliphatic rings.